The van der Waals surface area contributed by atoms with Gasteiger partial charge in [0.2, 0.25) is 0 Å². The van der Waals surface area contributed by atoms with Crippen LogP contribution < -0.4 is 4.90 Å². The summed E-state index contributed by atoms with van der Waals surface area (Å²) in [6.07, 6.45) is -3.60. The minimum Gasteiger partial charge on any atom is -0.391 e. The Morgan fingerprint density at radius 1 is 1.24 bits per heavy atom. The molecule has 1 aliphatic rings. The molecule has 0 unspecified atom stereocenters. The van der Waals surface area contributed by atoms with Crippen molar-refractivity contribution >= 4 is 17.0 Å². The summed E-state index contributed by atoms with van der Waals surface area (Å²) in [5.74, 6) is 1.13. The van der Waals surface area contributed by atoms with Crippen molar-refractivity contribution in [3.8, 4) is 0 Å². The quantitative estimate of drug-likeness (QED) is 0.915. The number of aliphatic hydroxyl groups excluding tert-OH is 1. The zero-order chi connectivity index (χ0) is 18.4. The summed E-state index contributed by atoms with van der Waals surface area (Å²) in [6.45, 7) is 6.69. The minimum atomic E-state index is -4.24. The fourth-order valence-corrected chi connectivity index (χ4v) is 2.83. The maximum absolute atomic E-state index is 12.6. The van der Waals surface area contributed by atoms with E-state index in [9.17, 15) is 18.3 Å². The highest BCUT2D eigenvalue weighted by atomic mass is 19.4. The number of imidazole rings is 1. The van der Waals surface area contributed by atoms with Crippen LogP contribution in [0.1, 0.15) is 39.4 Å². The van der Waals surface area contributed by atoms with Gasteiger partial charge in [-0.05, 0) is 6.42 Å². The number of hydrogen-bond donors (Lipinski definition) is 1. The van der Waals surface area contributed by atoms with Crippen molar-refractivity contribution in [3.05, 3.63) is 12.2 Å². The van der Waals surface area contributed by atoms with E-state index in [1.807, 2.05) is 25.7 Å². The molecule has 1 fully saturated rings. The lowest BCUT2D eigenvalue weighted by Crippen LogP contribution is -2.25. The summed E-state index contributed by atoms with van der Waals surface area (Å²) in [7, 11) is 0. The van der Waals surface area contributed by atoms with E-state index in [2.05, 4.69) is 15.0 Å². The molecule has 1 saturated heterocycles. The van der Waals surface area contributed by atoms with Gasteiger partial charge in [-0.25, -0.2) is 15.0 Å². The molecule has 0 aliphatic carbocycles. The van der Waals surface area contributed by atoms with Gasteiger partial charge in [-0.15, -0.1) is 0 Å². The Labute approximate surface area is 143 Å². The van der Waals surface area contributed by atoms with E-state index >= 15 is 0 Å². The van der Waals surface area contributed by atoms with Crippen LogP contribution in [0.25, 0.3) is 11.2 Å². The molecule has 0 aromatic carbocycles. The van der Waals surface area contributed by atoms with E-state index in [0.29, 0.717) is 42.3 Å². The van der Waals surface area contributed by atoms with Gasteiger partial charge < -0.3 is 14.6 Å². The fourth-order valence-electron chi connectivity index (χ4n) is 2.83. The third kappa shape index (κ3) is 3.86. The molecule has 2 aromatic heterocycles. The van der Waals surface area contributed by atoms with Gasteiger partial charge in [-0.1, -0.05) is 20.8 Å². The lowest BCUT2D eigenvalue weighted by molar-refractivity contribution is -0.136. The Balaban J connectivity index is 2.07. The van der Waals surface area contributed by atoms with Crippen molar-refractivity contribution in [2.45, 2.75) is 57.9 Å². The van der Waals surface area contributed by atoms with Crippen molar-refractivity contribution in [1.82, 2.24) is 19.5 Å². The van der Waals surface area contributed by atoms with E-state index in [4.69, 9.17) is 0 Å². The average Bonchev–Trinajstić information content (AvgIpc) is 3.08. The SMILES string of the molecule is CC(C)(C)c1nc(N2CC[C@H](O)C2)c2ncn(CCC(F)(F)F)c2n1. The third-order valence-electron chi connectivity index (χ3n) is 4.22. The monoisotopic (exact) mass is 357 g/mol. The molecule has 0 spiro atoms. The van der Waals surface area contributed by atoms with Crippen LogP contribution in [0, 0.1) is 0 Å². The highest BCUT2D eigenvalue weighted by Crippen LogP contribution is 2.30. The average molecular weight is 357 g/mol. The van der Waals surface area contributed by atoms with Crippen LogP contribution in [0.3, 0.4) is 0 Å². The standard InChI is InChI=1S/C16H22F3N5O/c1-15(2,3)14-21-12(23-6-4-10(25)8-23)11-13(22-14)24(9-20-11)7-5-16(17,18)19/h9-10,25H,4-8H2,1-3H3/t10-/m0/s1. The van der Waals surface area contributed by atoms with E-state index in [-0.39, 0.29) is 12.0 Å². The molecule has 0 bridgehead atoms. The molecule has 6 nitrogen and oxygen atoms in total. The molecule has 9 heteroatoms. The molecule has 1 atom stereocenters. The summed E-state index contributed by atoms with van der Waals surface area (Å²) in [6, 6.07) is 0. The first-order chi connectivity index (χ1) is 11.5. The first kappa shape index (κ1) is 17.9. The smallest absolute Gasteiger partial charge is 0.390 e. The lowest BCUT2D eigenvalue weighted by atomic mass is 9.96. The number of halogens is 3. The number of anilines is 1. The zero-order valence-corrected chi connectivity index (χ0v) is 14.5. The van der Waals surface area contributed by atoms with Gasteiger partial charge in [0, 0.05) is 25.0 Å². The molecule has 3 heterocycles. The van der Waals surface area contributed by atoms with Crippen LogP contribution in [0.4, 0.5) is 19.0 Å². The van der Waals surface area contributed by atoms with Crippen molar-refractivity contribution < 1.29 is 18.3 Å². The molecule has 25 heavy (non-hydrogen) atoms. The molecule has 3 rings (SSSR count). The van der Waals surface area contributed by atoms with Gasteiger partial charge in [0.1, 0.15) is 5.82 Å². The highest BCUT2D eigenvalue weighted by Gasteiger charge is 2.30. The molecule has 0 amide bonds. The number of aryl methyl sites for hydroxylation is 1. The Hall–Kier alpha value is -1.90. The molecular formula is C16H22F3N5O. The topological polar surface area (TPSA) is 67.1 Å². The summed E-state index contributed by atoms with van der Waals surface area (Å²) >= 11 is 0. The van der Waals surface area contributed by atoms with Gasteiger partial charge in [-0.3, -0.25) is 0 Å². The van der Waals surface area contributed by atoms with Gasteiger partial charge in [-0.2, -0.15) is 13.2 Å². The van der Waals surface area contributed by atoms with Gasteiger partial charge >= 0.3 is 6.18 Å². The molecule has 0 saturated carbocycles. The van der Waals surface area contributed by atoms with Crippen LogP contribution >= 0.6 is 0 Å². The molecular weight excluding hydrogens is 335 g/mol. The predicted molar refractivity (Wildman–Crippen MR) is 87.5 cm³/mol. The number of fused-ring (bicyclic) bond motifs is 1. The molecule has 1 aliphatic heterocycles. The fraction of sp³-hybridized carbons (Fsp3) is 0.688. The van der Waals surface area contributed by atoms with Gasteiger partial charge in [0.25, 0.3) is 0 Å². The van der Waals surface area contributed by atoms with E-state index in [0.717, 1.165) is 0 Å². The number of aromatic nitrogens is 4. The largest absolute Gasteiger partial charge is 0.391 e. The van der Waals surface area contributed by atoms with Crippen molar-refractivity contribution in [1.29, 1.82) is 0 Å². The van der Waals surface area contributed by atoms with Gasteiger partial charge in [0.15, 0.2) is 17.0 Å². The second-order valence-corrected chi connectivity index (χ2v) is 7.48. The summed E-state index contributed by atoms with van der Waals surface area (Å²) < 4.78 is 39.2. The minimum absolute atomic E-state index is 0.233. The molecule has 2 aromatic rings. The third-order valence-corrected chi connectivity index (χ3v) is 4.22. The first-order valence-corrected chi connectivity index (χ1v) is 8.28. The Morgan fingerprint density at radius 3 is 2.52 bits per heavy atom. The molecule has 0 radical (unpaired) electrons. The van der Waals surface area contributed by atoms with Crippen LogP contribution in [0.15, 0.2) is 6.33 Å². The number of β-amino-alcohol motifs (C(OH)–C–C–N with tert-alkyl or cyclic N) is 1. The Bertz CT molecular complexity index is 765. The number of hydrogen-bond acceptors (Lipinski definition) is 5. The van der Waals surface area contributed by atoms with Crippen molar-refractivity contribution in [2.75, 3.05) is 18.0 Å². The van der Waals surface area contributed by atoms with Crippen LogP contribution in [-0.2, 0) is 12.0 Å². The lowest BCUT2D eigenvalue weighted by Gasteiger charge is -2.22. The molecule has 138 valence electrons. The molecule has 1 N–H and O–H groups in total. The Morgan fingerprint density at radius 2 is 1.96 bits per heavy atom. The van der Waals surface area contributed by atoms with Crippen LogP contribution in [0.5, 0.6) is 0 Å². The second kappa shape index (κ2) is 6.12. The zero-order valence-electron chi connectivity index (χ0n) is 14.5. The first-order valence-electron chi connectivity index (χ1n) is 8.28. The van der Waals surface area contributed by atoms with Crippen LogP contribution in [-0.4, -0.2) is 50.0 Å². The van der Waals surface area contributed by atoms with E-state index in [1.165, 1.54) is 10.9 Å². The van der Waals surface area contributed by atoms with Crippen molar-refractivity contribution in [3.63, 3.8) is 0 Å². The number of rotatable bonds is 3. The summed E-state index contributed by atoms with van der Waals surface area (Å²) in [4.78, 5) is 15.3. The maximum atomic E-state index is 12.6. The predicted octanol–water partition coefficient (Wildman–Crippen LogP) is 2.65. The maximum Gasteiger partial charge on any atom is 0.390 e. The second-order valence-electron chi connectivity index (χ2n) is 7.48. The van der Waals surface area contributed by atoms with Crippen LogP contribution in [0.2, 0.25) is 0 Å². The number of nitrogens with zero attached hydrogens (tertiary/aromatic N) is 5. The summed E-state index contributed by atoms with van der Waals surface area (Å²) in [5, 5.41) is 9.81. The normalized spacial score (nSPS) is 19.2. The van der Waals surface area contributed by atoms with E-state index < -0.39 is 18.7 Å². The Kier molecular flexibility index (Phi) is 4.38. The van der Waals surface area contributed by atoms with E-state index in [1.54, 1.807) is 0 Å². The van der Waals surface area contributed by atoms with Gasteiger partial charge in [0.05, 0.1) is 18.9 Å². The number of aliphatic hydroxyl groups is 1. The highest BCUT2D eigenvalue weighted by molar-refractivity contribution is 5.84. The summed E-state index contributed by atoms with van der Waals surface area (Å²) in [5.41, 5.74) is 0.519. The van der Waals surface area contributed by atoms with Crippen molar-refractivity contribution in [2.24, 2.45) is 0 Å². The number of alkyl halides is 3.